The molecule has 9 rings (SSSR count). The van der Waals surface area contributed by atoms with E-state index in [1.807, 2.05) is 69.3 Å². The number of aromatic nitrogens is 4. The summed E-state index contributed by atoms with van der Waals surface area (Å²) in [7, 11) is 0. The highest BCUT2D eigenvalue weighted by Crippen LogP contribution is 2.45. The number of aryl methyl sites for hydroxylation is 2. The van der Waals surface area contributed by atoms with Gasteiger partial charge in [0.2, 0.25) is 17.7 Å². The number of nitrogens with two attached hydrogens (primary N) is 1. The number of carbonyl (C=O) groups is 3. The minimum atomic E-state index is -4.88. The van der Waals surface area contributed by atoms with E-state index in [9.17, 15) is 32.7 Å². The van der Waals surface area contributed by atoms with Gasteiger partial charge >= 0.3 is 12.2 Å². The number of hydrogen-bond acceptors (Lipinski definition) is 14. The minimum absolute atomic E-state index is 0.00210. The minimum Gasteiger partial charge on any atom is -0.462 e. The van der Waals surface area contributed by atoms with Gasteiger partial charge in [0.1, 0.15) is 35.8 Å². The quantitative estimate of drug-likeness (QED) is 0.0411. The van der Waals surface area contributed by atoms with Crippen molar-refractivity contribution < 1.29 is 41.8 Å². The zero-order valence-corrected chi connectivity index (χ0v) is 46.6. The molecule has 420 valence electrons. The zero-order chi connectivity index (χ0) is 55.8. The normalized spacial score (nSPS) is 21.6. The third-order valence-corrected chi connectivity index (χ3v) is 17.0. The summed E-state index contributed by atoms with van der Waals surface area (Å²) in [6.45, 7) is 13.6. The van der Waals surface area contributed by atoms with E-state index >= 15 is 4.39 Å². The number of nitrogens with one attached hydrogen (secondary N) is 3. The number of nitrogens with zero attached hydrogens (tertiary/aromatic N) is 7. The second-order valence-electron chi connectivity index (χ2n) is 22.6. The molecule has 22 heteroatoms. The lowest BCUT2D eigenvalue weighted by Gasteiger charge is -2.35. The Kier molecular flexibility index (Phi) is 17.2. The predicted octanol–water partition coefficient (Wildman–Crippen LogP) is 8.93. The Bertz CT molecular complexity index is 3000. The summed E-state index contributed by atoms with van der Waals surface area (Å²) < 4.78 is 66.8. The number of halogens is 5. The van der Waals surface area contributed by atoms with Gasteiger partial charge in [-0.1, -0.05) is 69.5 Å². The number of piperazine rings is 1. The largest absolute Gasteiger partial charge is 0.462 e. The molecule has 4 unspecified atom stereocenters. The first-order valence-electron chi connectivity index (χ1n) is 27.0. The van der Waals surface area contributed by atoms with Crippen molar-refractivity contribution >= 4 is 63.2 Å². The van der Waals surface area contributed by atoms with E-state index in [4.69, 9.17) is 27.1 Å². The maximum absolute atomic E-state index is 17.0. The summed E-state index contributed by atoms with van der Waals surface area (Å²) >= 11 is 8.26. The van der Waals surface area contributed by atoms with Crippen molar-refractivity contribution in [1.82, 2.24) is 45.7 Å². The number of anilines is 2. The fourth-order valence-electron chi connectivity index (χ4n) is 11.6. The number of pyridine rings is 1. The van der Waals surface area contributed by atoms with E-state index in [0.717, 1.165) is 85.8 Å². The summed E-state index contributed by atoms with van der Waals surface area (Å²) in [4.78, 5) is 65.9. The Hall–Kier alpha value is -5.74. The fraction of sp³-hybridized carbons (Fsp3) is 0.554. The molecule has 3 amide bonds. The number of alkyl halides is 3. The molecular formula is C56H70ClF4N11O5S. The topological polar surface area (TPSA) is 204 Å². The van der Waals surface area contributed by atoms with Crippen LogP contribution in [0.15, 0.2) is 41.9 Å². The van der Waals surface area contributed by atoms with Crippen molar-refractivity contribution in [3.63, 3.8) is 0 Å². The highest BCUT2D eigenvalue weighted by molar-refractivity contribution is 7.13. The van der Waals surface area contributed by atoms with Crippen LogP contribution in [0.3, 0.4) is 0 Å². The number of benzene rings is 2. The van der Waals surface area contributed by atoms with Crippen molar-refractivity contribution in [2.75, 3.05) is 50.0 Å². The highest BCUT2D eigenvalue weighted by atomic mass is 35.5. The number of unbranched alkanes of at least 4 members (excludes halogenated alkanes) is 3. The molecule has 6 N–H and O–H groups in total. The van der Waals surface area contributed by atoms with Crippen molar-refractivity contribution in [3.8, 4) is 27.7 Å². The number of amides is 3. The third-order valence-electron chi connectivity index (χ3n) is 15.7. The summed E-state index contributed by atoms with van der Waals surface area (Å²) in [5.74, 6) is -1.97. The van der Waals surface area contributed by atoms with Crippen LogP contribution in [0.4, 0.5) is 29.2 Å². The number of hydrogen-bond donors (Lipinski definition) is 5. The molecule has 4 aliphatic heterocycles. The smallest absolute Gasteiger partial charge is 0.418 e. The van der Waals surface area contributed by atoms with Gasteiger partial charge in [-0.15, -0.1) is 11.3 Å². The van der Waals surface area contributed by atoms with Crippen molar-refractivity contribution in [2.24, 2.45) is 5.41 Å². The number of ether oxygens (including phenoxy) is 1. The lowest BCUT2D eigenvalue weighted by molar-refractivity contribution is -0.144. The molecule has 0 saturated carbocycles. The van der Waals surface area contributed by atoms with Gasteiger partial charge in [-0.2, -0.15) is 23.1 Å². The average Bonchev–Trinajstić information content (AvgIpc) is 4.31. The van der Waals surface area contributed by atoms with E-state index in [2.05, 4.69) is 35.8 Å². The molecule has 0 aliphatic carbocycles. The lowest BCUT2D eigenvalue weighted by atomic mass is 9.85. The van der Waals surface area contributed by atoms with Crippen molar-refractivity contribution in [2.45, 2.75) is 154 Å². The van der Waals surface area contributed by atoms with E-state index in [1.165, 1.54) is 17.9 Å². The van der Waals surface area contributed by atoms with Crippen LogP contribution in [0, 0.1) is 25.1 Å². The van der Waals surface area contributed by atoms with Crippen LogP contribution in [0.25, 0.3) is 32.6 Å². The molecule has 78 heavy (non-hydrogen) atoms. The molecule has 3 aromatic heterocycles. The number of aliphatic hydroxyl groups excluding tert-OH is 1. The Morgan fingerprint density at radius 3 is 2.37 bits per heavy atom. The second kappa shape index (κ2) is 23.5. The maximum atomic E-state index is 17.0. The van der Waals surface area contributed by atoms with Crippen LogP contribution >= 0.6 is 22.9 Å². The Balaban J connectivity index is 0.786. The second-order valence-corrected chi connectivity index (χ2v) is 23.9. The molecular weight excluding hydrogens is 1050 g/mol. The fourth-order valence-corrected chi connectivity index (χ4v) is 12.7. The van der Waals surface area contributed by atoms with Crippen LogP contribution in [-0.2, 0) is 20.6 Å². The number of β-amino-alcohol motifs (C(OH)–C–C–N with tert-alkyl or cyclic N) is 1. The standard InChI is InChI=1S/C56H70ClF4N11O5S/c1-30-22-42(62)66-48(45(30)56(59,60)61)44-40(57)24-39-47(46(44)58)68-54(69-51(39)71-25-35-18-19-36(26-71)65-35)77-28-37-12-11-21-70(37)20-10-8-7-9-13-43(74)67-50(55(4,5)6)53(76)72-27-38(73)23-41(72)52(75)64-31(2)33-14-16-34(17-15-33)49-32(3)63-29-78-49/h14-17,22,24,29,31,35-38,41,50,65,73H,7-13,18-21,23,25-28H2,1-6H3,(H2,62,66)(H,64,75)(H,67,74)/t31?,35?,36?,37-,38+,41-,50?/m0/s1. The Labute approximate surface area is 461 Å². The monoisotopic (exact) mass is 1120 g/mol. The van der Waals surface area contributed by atoms with Gasteiger partial charge in [0.05, 0.1) is 50.1 Å². The molecule has 4 saturated heterocycles. The molecule has 0 spiro atoms. The molecule has 2 bridgehead atoms. The van der Waals surface area contributed by atoms with Crippen LogP contribution in [0.2, 0.25) is 5.02 Å². The number of fused-ring (bicyclic) bond motifs is 3. The number of likely N-dealkylation sites (tertiary alicyclic amines) is 2. The summed E-state index contributed by atoms with van der Waals surface area (Å²) in [5, 5.41) is 20.3. The van der Waals surface area contributed by atoms with Gasteiger partial charge < -0.3 is 41.3 Å². The summed E-state index contributed by atoms with van der Waals surface area (Å²) in [6.07, 6.45) is 1.30. The van der Waals surface area contributed by atoms with E-state index in [1.54, 1.807) is 11.3 Å². The van der Waals surface area contributed by atoms with Crippen LogP contribution in [-0.4, -0.2) is 128 Å². The van der Waals surface area contributed by atoms with E-state index < -0.39 is 58.3 Å². The van der Waals surface area contributed by atoms with Crippen LogP contribution in [0.5, 0.6) is 6.01 Å². The SMILES string of the molecule is Cc1cc(N)nc(-c2c(Cl)cc3c(N4CC5CCC(C4)N5)nc(OC[C@@H]4CCCN4CCCCCCC(=O)NC(C(=O)N4C[C@H](O)C[C@H]4C(=O)NC(C)c4ccc(-c5scnc5C)cc4)C(C)(C)C)nc3c2F)c1C(F)(F)F. The van der Waals surface area contributed by atoms with Gasteiger partial charge in [0.15, 0.2) is 5.82 Å². The van der Waals surface area contributed by atoms with Gasteiger partial charge in [-0.05, 0) is 107 Å². The average molecular weight is 1120 g/mol. The first kappa shape index (κ1) is 57.0. The van der Waals surface area contributed by atoms with Gasteiger partial charge in [-0.25, -0.2) is 14.4 Å². The number of carbonyl (C=O) groups excluding carboxylic acids is 3. The lowest BCUT2D eigenvalue weighted by Crippen LogP contribution is -2.57. The van der Waals surface area contributed by atoms with Crippen LogP contribution in [0.1, 0.15) is 120 Å². The maximum Gasteiger partial charge on any atom is 0.418 e. The first-order chi connectivity index (χ1) is 37.0. The molecule has 4 aliphatic rings. The Morgan fingerprint density at radius 2 is 1.69 bits per heavy atom. The molecule has 0 radical (unpaired) electrons. The summed E-state index contributed by atoms with van der Waals surface area (Å²) in [6, 6.07) is 8.49. The molecule has 5 aromatic rings. The third kappa shape index (κ3) is 12.6. The number of aliphatic hydroxyl groups is 1. The van der Waals surface area contributed by atoms with Gasteiger partial charge in [0, 0.05) is 56.0 Å². The molecule has 2 aromatic carbocycles. The number of rotatable bonds is 18. The zero-order valence-electron chi connectivity index (χ0n) is 45.0. The Morgan fingerprint density at radius 1 is 0.974 bits per heavy atom. The highest BCUT2D eigenvalue weighted by Gasteiger charge is 2.45. The molecule has 7 atom stereocenters. The molecule has 16 nitrogen and oxygen atoms in total. The summed E-state index contributed by atoms with van der Waals surface area (Å²) in [5.41, 5.74) is 7.04. The molecule has 7 heterocycles. The number of thiazole rings is 1. The van der Waals surface area contributed by atoms with E-state index in [-0.39, 0.29) is 95.3 Å². The first-order valence-corrected chi connectivity index (χ1v) is 28.3. The van der Waals surface area contributed by atoms with Gasteiger partial charge in [-0.3, -0.25) is 19.3 Å². The van der Waals surface area contributed by atoms with E-state index in [0.29, 0.717) is 25.3 Å². The van der Waals surface area contributed by atoms with Crippen LogP contribution < -0.4 is 31.3 Å². The molecule has 4 fully saturated rings. The van der Waals surface area contributed by atoms with Gasteiger partial charge in [0.25, 0.3) is 0 Å². The number of nitrogen functional groups attached to an aromatic ring is 1. The predicted molar refractivity (Wildman–Crippen MR) is 294 cm³/mol. The van der Waals surface area contributed by atoms with Crippen molar-refractivity contribution in [1.29, 1.82) is 0 Å². The van der Waals surface area contributed by atoms with Crippen molar-refractivity contribution in [3.05, 3.63) is 75.1 Å².